The summed E-state index contributed by atoms with van der Waals surface area (Å²) >= 11 is 5.89. The van der Waals surface area contributed by atoms with Gasteiger partial charge < -0.3 is 14.8 Å². The van der Waals surface area contributed by atoms with E-state index in [1.807, 2.05) is 30.3 Å². The number of ether oxygens (including phenoxy) is 2. The molecule has 0 unspecified atom stereocenters. The molecule has 3 aromatic rings. The highest BCUT2D eigenvalue weighted by atomic mass is 35.5. The number of benzene rings is 2. The minimum absolute atomic E-state index is 0.238. The fraction of sp³-hybridized carbons (Fsp3) is 0.158. The first-order valence-corrected chi connectivity index (χ1v) is 8.54. The average molecular weight is 370 g/mol. The Labute approximate surface area is 155 Å². The standard InChI is InChI=1S/C19H16ClN3O3/c20-14-3-1-13(2-4-14)12-22-18-19(24)23(8-7-21-18)15-5-6-16-17(11-15)26-10-9-25-16/h1-8,11H,9-10,12H2,(H,21,22). The van der Waals surface area contributed by atoms with Crippen LogP contribution < -0.4 is 20.3 Å². The van der Waals surface area contributed by atoms with Gasteiger partial charge in [0.15, 0.2) is 17.3 Å². The number of aromatic nitrogens is 2. The van der Waals surface area contributed by atoms with Crippen molar-refractivity contribution in [2.24, 2.45) is 0 Å². The molecule has 4 rings (SSSR count). The molecule has 26 heavy (non-hydrogen) atoms. The molecule has 1 aliphatic rings. The lowest BCUT2D eigenvalue weighted by molar-refractivity contribution is 0.171. The molecule has 7 heteroatoms. The minimum Gasteiger partial charge on any atom is -0.486 e. The van der Waals surface area contributed by atoms with Crippen molar-refractivity contribution in [3.63, 3.8) is 0 Å². The van der Waals surface area contributed by atoms with Crippen LogP contribution in [0.5, 0.6) is 11.5 Å². The lowest BCUT2D eigenvalue weighted by Crippen LogP contribution is -2.23. The first kappa shape index (κ1) is 16.5. The van der Waals surface area contributed by atoms with Crippen LogP contribution >= 0.6 is 11.6 Å². The summed E-state index contributed by atoms with van der Waals surface area (Å²) in [6.07, 6.45) is 3.21. The van der Waals surface area contributed by atoms with E-state index in [0.717, 1.165) is 5.56 Å². The predicted octanol–water partition coefficient (Wildman–Crippen LogP) is 3.27. The number of hydrogen-bond acceptors (Lipinski definition) is 5. The maximum Gasteiger partial charge on any atom is 0.297 e. The summed E-state index contributed by atoms with van der Waals surface area (Å²) in [5, 5.41) is 3.75. The van der Waals surface area contributed by atoms with Crippen LogP contribution in [0.2, 0.25) is 5.02 Å². The van der Waals surface area contributed by atoms with Crippen LogP contribution in [0.25, 0.3) is 5.69 Å². The highest BCUT2D eigenvalue weighted by molar-refractivity contribution is 6.30. The molecule has 2 heterocycles. The average Bonchev–Trinajstić information content (AvgIpc) is 2.68. The van der Waals surface area contributed by atoms with Crippen molar-refractivity contribution in [1.29, 1.82) is 0 Å². The summed E-state index contributed by atoms with van der Waals surface area (Å²) in [5.74, 6) is 1.59. The lowest BCUT2D eigenvalue weighted by Gasteiger charge is -2.19. The van der Waals surface area contributed by atoms with Gasteiger partial charge in [-0.05, 0) is 29.8 Å². The van der Waals surface area contributed by atoms with Gasteiger partial charge in [0.05, 0.1) is 5.69 Å². The minimum atomic E-state index is -0.238. The van der Waals surface area contributed by atoms with Gasteiger partial charge in [-0.2, -0.15) is 0 Å². The number of nitrogens with zero attached hydrogens (tertiary/aromatic N) is 2. The van der Waals surface area contributed by atoms with Crippen molar-refractivity contribution in [3.05, 3.63) is 75.8 Å². The molecule has 2 aromatic carbocycles. The molecule has 1 N–H and O–H groups in total. The molecule has 0 bridgehead atoms. The Kier molecular flexibility index (Phi) is 4.50. The van der Waals surface area contributed by atoms with Crippen LogP contribution in [0.3, 0.4) is 0 Å². The van der Waals surface area contributed by atoms with Crippen LogP contribution in [0.15, 0.2) is 59.7 Å². The van der Waals surface area contributed by atoms with Gasteiger partial charge in [-0.25, -0.2) is 4.98 Å². The van der Waals surface area contributed by atoms with E-state index in [1.54, 1.807) is 24.5 Å². The molecule has 0 spiro atoms. The Morgan fingerprint density at radius 1 is 1.08 bits per heavy atom. The van der Waals surface area contributed by atoms with E-state index >= 15 is 0 Å². The first-order chi connectivity index (χ1) is 12.7. The number of halogens is 1. The van der Waals surface area contributed by atoms with E-state index in [1.165, 1.54) is 4.57 Å². The maximum absolute atomic E-state index is 12.8. The first-order valence-electron chi connectivity index (χ1n) is 8.17. The number of nitrogens with one attached hydrogen (secondary N) is 1. The summed E-state index contributed by atoms with van der Waals surface area (Å²) in [6.45, 7) is 1.50. The van der Waals surface area contributed by atoms with E-state index in [2.05, 4.69) is 10.3 Å². The molecular weight excluding hydrogens is 354 g/mol. The molecule has 1 aliphatic heterocycles. The molecular formula is C19H16ClN3O3. The van der Waals surface area contributed by atoms with E-state index in [0.29, 0.717) is 42.0 Å². The maximum atomic E-state index is 12.8. The van der Waals surface area contributed by atoms with Gasteiger partial charge in [-0.15, -0.1) is 0 Å². The van der Waals surface area contributed by atoms with Gasteiger partial charge in [0, 0.05) is 30.0 Å². The topological polar surface area (TPSA) is 65.4 Å². The van der Waals surface area contributed by atoms with Crippen LogP contribution in [0.1, 0.15) is 5.56 Å². The molecule has 6 nitrogen and oxygen atoms in total. The number of anilines is 1. The third-order valence-electron chi connectivity index (χ3n) is 4.02. The van der Waals surface area contributed by atoms with E-state index in [4.69, 9.17) is 21.1 Å². The van der Waals surface area contributed by atoms with Crippen molar-refractivity contribution in [1.82, 2.24) is 9.55 Å². The van der Waals surface area contributed by atoms with Gasteiger partial charge >= 0.3 is 0 Å². The van der Waals surface area contributed by atoms with Crippen molar-refractivity contribution >= 4 is 17.4 Å². The smallest absolute Gasteiger partial charge is 0.297 e. The fourth-order valence-electron chi connectivity index (χ4n) is 2.71. The molecule has 0 radical (unpaired) electrons. The van der Waals surface area contributed by atoms with Crippen molar-refractivity contribution in [3.8, 4) is 17.2 Å². The molecule has 132 valence electrons. The molecule has 1 aromatic heterocycles. The van der Waals surface area contributed by atoms with Crippen LogP contribution in [-0.4, -0.2) is 22.8 Å². The zero-order valence-corrected chi connectivity index (χ0v) is 14.6. The molecule has 0 aliphatic carbocycles. The molecule has 0 fully saturated rings. The van der Waals surface area contributed by atoms with Crippen molar-refractivity contribution < 1.29 is 9.47 Å². The largest absolute Gasteiger partial charge is 0.486 e. The predicted molar refractivity (Wildman–Crippen MR) is 99.6 cm³/mol. The summed E-state index contributed by atoms with van der Waals surface area (Å²) in [4.78, 5) is 16.9. The summed E-state index contributed by atoms with van der Waals surface area (Å²) in [7, 11) is 0. The van der Waals surface area contributed by atoms with Crippen molar-refractivity contribution in [2.75, 3.05) is 18.5 Å². The van der Waals surface area contributed by atoms with E-state index in [-0.39, 0.29) is 11.4 Å². The Bertz CT molecular complexity index is 986. The van der Waals surface area contributed by atoms with Crippen LogP contribution in [0.4, 0.5) is 5.82 Å². The van der Waals surface area contributed by atoms with Crippen LogP contribution in [-0.2, 0) is 6.54 Å². The van der Waals surface area contributed by atoms with Gasteiger partial charge in [0.1, 0.15) is 13.2 Å². The third-order valence-corrected chi connectivity index (χ3v) is 4.27. The van der Waals surface area contributed by atoms with Crippen molar-refractivity contribution in [2.45, 2.75) is 6.54 Å². The fourth-order valence-corrected chi connectivity index (χ4v) is 2.83. The zero-order chi connectivity index (χ0) is 17.9. The van der Waals surface area contributed by atoms with E-state index in [9.17, 15) is 4.79 Å². The number of hydrogen-bond donors (Lipinski definition) is 1. The van der Waals surface area contributed by atoms with Gasteiger partial charge in [0.2, 0.25) is 0 Å². The molecule has 0 saturated carbocycles. The highest BCUT2D eigenvalue weighted by Gasteiger charge is 2.14. The second-order valence-electron chi connectivity index (χ2n) is 5.76. The molecule has 0 amide bonds. The summed E-state index contributed by atoms with van der Waals surface area (Å²) < 4.78 is 12.6. The SMILES string of the molecule is O=c1c(NCc2ccc(Cl)cc2)nccn1-c1ccc2c(c1)OCCO2. The monoisotopic (exact) mass is 369 g/mol. The zero-order valence-electron chi connectivity index (χ0n) is 13.8. The summed E-state index contributed by atoms with van der Waals surface area (Å²) in [6, 6.07) is 12.8. The summed E-state index contributed by atoms with van der Waals surface area (Å²) in [5.41, 5.74) is 1.46. The second kappa shape index (κ2) is 7.09. The number of fused-ring (bicyclic) bond motifs is 1. The van der Waals surface area contributed by atoms with Gasteiger partial charge in [-0.1, -0.05) is 23.7 Å². The highest BCUT2D eigenvalue weighted by Crippen LogP contribution is 2.31. The Hall–Kier alpha value is -2.99. The molecule has 0 saturated heterocycles. The Morgan fingerprint density at radius 3 is 2.65 bits per heavy atom. The van der Waals surface area contributed by atoms with E-state index < -0.39 is 0 Å². The third kappa shape index (κ3) is 3.36. The van der Waals surface area contributed by atoms with Gasteiger partial charge in [0.25, 0.3) is 5.56 Å². The molecule has 0 atom stereocenters. The quantitative estimate of drug-likeness (QED) is 0.764. The Balaban J connectivity index is 1.59. The normalized spacial score (nSPS) is 12.7. The Morgan fingerprint density at radius 2 is 1.85 bits per heavy atom. The van der Waals surface area contributed by atoms with Gasteiger partial charge in [-0.3, -0.25) is 9.36 Å². The lowest BCUT2D eigenvalue weighted by atomic mass is 10.2. The number of rotatable bonds is 4. The second-order valence-corrected chi connectivity index (χ2v) is 6.20. The van der Waals surface area contributed by atoms with Crippen LogP contribution in [0, 0.1) is 0 Å².